The monoisotopic (exact) mass is 869 g/mol. The van der Waals surface area contributed by atoms with Crippen LogP contribution in [0.3, 0.4) is 0 Å². The second-order valence-electron chi connectivity index (χ2n) is 17.6. The SMILES string of the molecule is c1ccc(C2(c3ccccc3)c3ccccc3-c3ccc(N(c4ccc(-c5ccc(-c6cccc(-c7ccc8ccccc8c7)c6)cc5)cc4)c4ccc5sc6ccccc6c5c4)cc32)cc1. The van der Waals surface area contributed by atoms with Gasteiger partial charge in [0.1, 0.15) is 0 Å². The van der Waals surface area contributed by atoms with E-state index in [2.05, 4.69) is 266 Å². The van der Waals surface area contributed by atoms with Crippen LogP contribution in [0.1, 0.15) is 22.3 Å². The zero-order valence-corrected chi connectivity index (χ0v) is 37.5. The van der Waals surface area contributed by atoms with Crippen LogP contribution in [-0.4, -0.2) is 0 Å². The van der Waals surface area contributed by atoms with E-state index >= 15 is 0 Å². The van der Waals surface area contributed by atoms with E-state index in [0.29, 0.717) is 0 Å². The van der Waals surface area contributed by atoms with Crippen LogP contribution in [-0.2, 0) is 5.41 Å². The molecular weight excluding hydrogens is 827 g/mol. The Morgan fingerprint density at radius 2 is 0.806 bits per heavy atom. The predicted molar refractivity (Wildman–Crippen MR) is 285 cm³/mol. The molecule has 67 heavy (non-hydrogen) atoms. The molecule has 1 nitrogen and oxygen atoms in total. The number of anilines is 3. The van der Waals surface area contributed by atoms with Crippen molar-refractivity contribution in [3.8, 4) is 44.5 Å². The molecule has 0 spiro atoms. The minimum atomic E-state index is -0.503. The Kier molecular flexibility index (Phi) is 9.33. The summed E-state index contributed by atoms with van der Waals surface area (Å²) in [4.78, 5) is 2.45. The van der Waals surface area contributed by atoms with E-state index in [1.807, 2.05) is 11.3 Å². The number of hydrogen-bond donors (Lipinski definition) is 0. The van der Waals surface area contributed by atoms with Crippen molar-refractivity contribution >= 4 is 59.3 Å². The van der Waals surface area contributed by atoms with Gasteiger partial charge in [-0.25, -0.2) is 0 Å². The van der Waals surface area contributed by atoms with Crippen molar-refractivity contribution in [1.82, 2.24) is 0 Å². The fourth-order valence-electron chi connectivity index (χ4n) is 10.8. The maximum absolute atomic E-state index is 2.47. The third-order valence-corrected chi connectivity index (χ3v) is 15.1. The van der Waals surface area contributed by atoms with E-state index in [1.165, 1.54) is 97.7 Å². The first-order valence-electron chi connectivity index (χ1n) is 23.1. The van der Waals surface area contributed by atoms with Crippen LogP contribution in [0, 0.1) is 0 Å². The number of fused-ring (bicyclic) bond motifs is 7. The maximum atomic E-state index is 2.47. The quantitative estimate of drug-likeness (QED) is 0.147. The molecule has 1 aliphatic rings. The molecule has 0 bridgehead atoms. The summed E-state index contributed by atoms with van der Waals surface area (Å²) < 4.78 is 2.60. The van der Waals surface area contributed by atoms with Crippen LogP contribution in [0.25, 0.3) is 75.5 Å². The predicted octanol–water partition coefficient (Wildman–Crippen LogP) is 18.0. The summed E-state index contributed by atoms with van der Waals surface area (Å²) in [5.74, 6) is 0. The van der Waals surface area contributed by atoms with Gasteiger partial charge in [-0.1, -0.05) is 200 Å². The molecular formula is C65H43NS. The first kappa shape index (κ1) is 39.1. The Hall–Kier alpha value is -8.30. The number of hydrogen-bond acceptors (Lipinski definition) is 2. The molecule has 12 aromatic rings. The third kappa shape index (κ3) is 6.52. The topological polar surface area (TPSA) is 3.24 Å². The van der Waals surface area contributed by atoms with E-state index in [9.17, 15) is 0 Å². The molecule has 11 aromatic carbocycles. The Morgan fingerprint density at radius 3 is 1.57 bits per heavy atom. The fraction of sp³-hybridized carbons (Fsp3) is 0.0154. The molecule has 0 radical (unpaired) electrons. The number of thiophene rings is 1. The molecule has 1 aliphatic carbocycles. The van der Waals surface area contributed by atoms with Gasteiger partial charge in [0, 0.05) is 37.2 Å². The smallest absolute Gasteiger partial charge is 0.0714 e. The summed E-state index contributed by atoms with van der Waals surface area (Å²) in [5.41, 5.74) is 17.7. The normalized spacial score (nSPS) is 12.6. The highest BCUT2D eigenvalue weighted by atomic mass is 32.1. The van der Waals surface area contributed by atoms with Crippen LogP contribution >= 0.6 is 11.3 Å². The summed E-state index contributed by atoms with van der Waals surface area (Å²) in [6.07, 6.45) is 0. The molecule has 0 atom stereocenters. The average Bonchev–Trinajstić information content (AvgIpc) is 3.93. The average molecular weight is 870 g/mol. The minimum Gasteiger partial charge on any atom is -0.310 e. The highest BCUT2D eigenvalue weighted by molar-refractivity contribution is 7.25. The minimum absolute atomic E-state index is 0.503. The largest absolute Gasteiger partial charge is 0.310 e. The van der Waals surface area contributed by atoms with Crippen LogP contribution in [0.2, 0.25) is 0 Å². The summed E-state index contributed by atoms with van der Waals surface area (Å²) in [7, 11) is 0. The molecule has 0 amide bonds. The van der Waals surface area contributed by atoms with E-state index in [4.69, 9.17) is 0 Å². The van der Waals surface area contributed by atoms with E-state index in [-0.39, 0.29) is 0 Å². The van der Waals surface area contributed by atoms with Gasteiger partial charge in [0.05, 0.1) is 5.41 Å². The lowest BCUT2D eigenvalue weighted by atomic mass is 9.67. The number of benzene rings is 11. The van der Waals surface area contributed by atoms with Crippen molar-refractivity contribution < 1.29 is 0 Å². The van der Waals surface area contributed by atoms with Gasteiger partial charge >= 0.3 is 0 Å². The third-order valence-electron chi connectivity index (χ3n) is 13.9. The Labute approximate surface area is 395 Å². The van der Waals surface area contributed by atoms with Gasteiger partial charge in [-0.2, -0.15) is 0 Å². The van der Waals surface area contributed by atoms with Crippen LogP contribution in [0.15, 0.2) is 261 Å². The zero-order chi connectivity index (χ0) is 44.3. The molecule has 0 fully saturated rings. The van der Waals surface area contributed by atoms with Gasteiger partial charge in [-0.05, 0) is 138 Å². The highest BCUT2D eigenvalue weighted by Crippen LogP contribution is 2.57. The van der Waals surface area contributed by atoms with Crippen molar-refractivity contribution in [3.63, 3.8) is 0 Å². The zero-order valence-electron chi connectivity index (χ0n) is 36.7. The lowest BCUT2D eigenvalue weighted by Crippen LogP contribution is -2.28. The van der Waals surface area contributed by atoms with Crippen molar-refractivity contribution in [2.24, 2.45) is 0 Å². The van der Waals surface area contributed by atoms with Gasteiger partial charge in [-0.15, -0.1) is 11.3 Å². The van der Waals surface area contributed by atoms with Crippen molar-refractivity contribution in [2.45, 2.75) is 5.41 Å². The Morgan fingerprint density at radius 1 is 0.284 bits per heavy atom. The van der Waals surface area contributed by atoms with Gasteiger partial charge in [0.25, 0.3) is 0 Å². The van der Waals surface area contributed by atoms with Gasteiger partial charge in [-0.3, -0.25) is 0 Å². The molecule has 0 saturated heterocycles. The van der Waals surface area contributed by atoms with E-state index in [1.54, 1.807) is 0 Å². The second-order valence-corrected chi connectivity index (χ2v) is 18.7. The Balaban J connectivity index is 0.912. The first-order chi connectivity index (χ1) is 33.2. The van der Waals surface area contributed by atoms with Crippen LogP contribution < -0.4 is 4.90 Å². The van der Waals surface area contributed by atoms with Crippen molar-refractivity contribution in [3.05, 3.63) is 283 Å². The first-order valence-corrected chi connectivity index (χ1v) is 23.9. The van der Waals surface area contributed by atoms with Crippen LogP contribution in [0.4, 0.5) is 17.1 Å². The second kappa shape index (κ2) is 16.0. The summed E-state index contributed by atoms with van der Waals surface area (Å²) in [5, 5.41) is 5.09. The van der Waals surface area contributed by atoms with Crippen molar-refractivity contribution in [2.75, 3.05) is 4.90 Å². The molecule has 0 N–H and O–H groups in total. The number of nitrogens with zero attached hydrogens (tertiary/aromatic N) is 1. The summed E-state index contributed by atoms with van der Waals surface area (Å²) in [6, 6.07) is 96.4. The summed E-state index contributed by atoms with van der Waals surface area (Å²) >= 11 is 1.86. The Bertz CT molecular complexity index is 3750. The molecule has 1 heterocycles. The standard InChI is InChI=1S/C65H43NS/c1-3-18-52(19-4-1)65(53-20-5-2-6-21-53)61-24-11-9-22-57(61)58-38-36-56(43-62(58)65)66(55-37-39-64-60(42-55)59-23-10-12-25-63(59)67-64)54-34-32-46(33-35-54)45-26-28-47(29-27-45)49-16-13-17-50(40-49)51-31-30-44-14-7-8-15-48(44)41-51/h1-43H. The molecule has 1 aromatic heterocycles. The van der Waals surface area contributed by atoms with Gasteiger partial charge in [0.15, 0.2) is 0 Å². The maximum Gasteiger partial charge on any atom is 0.0714 e. The highest BCUT2D eigenvalue weighted by Gasteiger charge is 2.46. The summed E-state index contributed by atoms with van der Waals surface area (Å²) in [6.45, 7) is 0. The molecule has 0 unspecified atom stereocenters. The fourth-order valence-corrected chi connectivity index (χ4v) is 11.9. The molecule has 0 saturated carbocycles. The van der Waals surface area contributed by atoms with Crippen LogP contribution in [0.5, 0.6) is 0 Å². The molecule has 2 heteroatoms. The molecule has 314 valence electrons. The van der Waals surface area contributed by atoms with Crippen molar-refractivity contribution in [1.29, 1.82) is 0 Å². The molecule has 13 rings (SSSR count). The van der Waals surface area contributed by atoms with Gasteiger partial charge < -0.3 is 4.90 Å². The molecule has 0 aliphatic heterocycles. The lowest BCUT2D eigenvalue weighted by Gasteiger charge is -2.35. The van der Waals surface area contributed by atoms with Gasteiger partial charge in [0.2, 0.25) is 0 Å². The number of rotatable bonds is 8. The lowest BCUT2D eigenvalue weighted by molar-refractivity contribution is 0.768. The van der Waals surface area contributed by atoms with E-state index < -0.39 is 5.41 Å². The van der Waals surface area contributed by atoms with E-state index in [0.717, 1.165) is 17.1 Å².